The summed E-state index contributed by atoms with van der Waals surface area (Å²) in [6.45, 7) is 13.5. The maximum atomic E-state index is 6.08. The number of nitrogens with zero attached hydrogens (tertiary/aromatic N) is 2. The molecule has 0 aromatic rings. The Hall–Kier alpha value is -0.120. The molecule has 2 heterocycles. The van der Waals surface area contributed by atoms with Crippen molar-refractivity contribution in [3.8, 4) is 0 Å². The van der Waals surface area contributed by atoms with Crippen molar-refractivity contribution in [1.29, 1.82) is 0 Å². The summed E-state index contributed by atoms with van der Waals surface area (Å²) in [7, 11) is 0. The molecule has 2 rings (SSSR count). The molecule has 2 aliphatic heterocycles. The summed E-state index contributed by atoms with van der Waals surface area (Å²) >= 11 is 0. The Labute approximate surface area is 99.7 Å². The van der Waals surface area contributed by atoms with Gasteiger partial charge in [-0.05, 0) is 27.7 Å². The van der Waals surface area contributed by atoms with Crippen molar-refractivity contribution >= 4 is 0 Å². The molecule has 0 unspecified atom stereocenters. The van der Waals surface area contributed by atoms with Crippen molar-refractivity contribution < 1.29 is 4.74 Å². The first kappa shape index (κ1) is 12.3. The van der Waals surface area contributed by atoms with Crippen molar-refractivity contribution in [2.45, 2.75) is 58.3 Å². The van der Waals surface area contributed by atoms with Gasteiger partial charge in [0, 0.05) is 44.6 Å². The zero-order chi connectivity index (χ0) is 11.8. The highest BCUT2D eigenvalue weighted by atomic mass is 16.5. The molecule has 3 nitrogen and oxygen atoms in total. The molecule has 0 atom stereocenters. The van der Waals surface area contributed by atoms with Crippen molar-refractivity contribution in [3.63, 3.8) is 0 Å². The zero-order valence-corrected chi connectivity index (χ0v) is 11.2. The number of ether oxygens (including phenoxy) is 1. The number of hydrogen-bond donors (Lipinski definition) is 0. The van der Waals surface area contributed by atoms with Gasteiger partial charge in [-0.2, -0.15) is 0 Å². The minimum atomic E-state index is 0.0690. The highest BCUT2D eigenvalue weighted by Gasteiger charge is 2.45. The smallest absolute Gasteiger partial charge is 0.124 e. The van der Waals surface area contributed by atoms with Gasteiger partial charge in [-0.15, -0.1) is 0 Å². The molecule has 3 heteroatoms. The fourth-order valence-electron chi connectivity index (χ4n) is 3.17. The molecule has 16 heavy (non-hydrogen) atoms. The summed E-state index contributed by atoms with van der Waals surface area (Å²) in [5, 5.41) is 0. The topological polar surface area (TPSA) is 15.7 Å². The number of likely N-dealkylation sites (tertiary alicyclic amines) is 1. The fourth-order valence-corrected chi connectivity index (χ4v) is 3.17. The van der Waals surface area contributed by atoms with E-state index in [1.165, 1.54) is 25.9 Å². The summed E-state index contributed by atoms with van der Waals surface area (Å²) in [6.07, 6.45) is 2.34. The van der Waals surface area contributed by atoms with Gasteiger partial charge in [0.1, 0.15) is 5.72 Å². The normalized spacial score (nSPS) is 27.4. The lowest BCUT2D eigenvalue weighted by Gasteiger charge is -2.46. The first-order valence-corrected chi connectivity index (χ1v) is 6.70. The summed E-state index contributed by atoms with van der Waals surface area (Å²) in [6, 6.07) is 1.28. The van der Waals surface area contributed by atoms with Gasteiger partial charge in [0.15, 0.2) is 0 Å². The second-order valence-electron chi connectivity index (χ2n) is 5.71. The van der Waals surface area contributed by atoms with Crippen LogP contribution in [0.3, 0.4) is 0 Å². The van der Waals surface area contributed by atoms with Crippen LogP contribution in [0.2, 0.25) is 0 Å². The zero-order valence-electron chi connectivity index (χ0n) is 11.2. The van der Waals surface area contributed by atoms with Gasteiger partial charge in [-0.1, -0.05) is 0 Å². The van der Waals surface area contributed by atoms with Crippen LogP contribution in [0.25, 0.3) is 0 Å². The molecule has 0 bridgehead atoms. The number of rotatable bonds is 2. The van der Waals surface area contributed by atoms with E-state index in [1.54, 1.807) is 0 Å². The van der Waals surface area contributed by atoms with Gasteiger partial charge in [-0.3, -0.25) is 4.90 Å². The molecule has 94 valence electrons. The maximum Gasteiger partial charge on any atom is 0.124 e. The van der Waals surface area contributed by atoms with Gasteiger partial charge in [-0.25, -0.2) is 0 Å². The van der Waals surface area contributed by atoms with E-state index in [1.807, 2.05) is 0 Å². The third-order valence-electron chi connectivity index (χ3n) is 4.16. The Morgan fingerprint density at radius 2 is 1.56 bits per heavy atom. The average molecular weight is 226 g/mol. The van der Waals surface area contributed by atoms with Gasteiger partial charge in [0.05, 0.1) is 6.61 Å². The van der Waals surface area contributed by atoms with Crippen LogP contribution in [0.4, 0.5) is 0 Å². The third kappa shape index (κ3) is 2.13. The van der Waals surface area contributed by atoms with Crippen LogP contribution in [-0.4, -0.2) is 53.8 Å². The van der Waals surface area contributed by atoms with Crippen LogP contribution in [0.1, 0.15) is 40.5 Å². The van der Waals surface area contributed by atoms with Gasteiger partial charge in [0.2, 0.25) is 0 Å². The molecule has 0 amide bonds. The third-order valence-corrected chi connectivity index (χ3v) is 4.16. The lowest BCUT2D eigenvalue weighted by atomic mass is 9.97. The van der Waals surface area contributed by atoms with Gasteiger partial charge in [0.25, 0.3) is 0 Å². The molecule has 2 fully saturated rings. The van der Waals surface area contributed by atoms with Crippen molar-refractivity contribution in [1.82, 2.24) is 9.80 Å². The largest absolute Gasteiger partial charge is 0.359 e. The summed E-state index contributed by atoms with van der Waals surface area (Å²) in [5.41, 5.74) is 0.0690. The predicted molar refractivity (Wildman–Crippen MR) is 66.5 cm³/mol. The molecular weight excluding hydrogens is 200 g/mol. The van der Waals surface area contributed by atoms with Crippen molar-refractivity contribution in [2.24, 2.45) is 0 Å². The molecule has 0 aromatic heterocycles. The summed E-state index contributed by atoms with van der Waals surface area (Å²) in [5.74, 6) is 0. The monoisotopic (exact) mass is 226 g/mol. The number of hydrogen-bond acceptors (Lipinski definition) is 3. The minimum Gasteiger partial charge on any atom is -0.359 e. The van der Waals surface area contributed by atoms with Crippen LogP contribution in [0.5, 0.6) is 0 Å². The van der Waals surface area contributed by atoms with Crippen LogP contribution < -0.4 is 0 Å². The second kappa shape index (κ2) is 4.63. The Bertz CT molecular complexity index is 232. The van der Waals surface area contributed by atoms with Crippen LogP contribution in [-0.2, 0) is 4.74 Å². The van der Waals surface area contributed by atoms with E-state index in [-0.39, 0.29) is 5.72 Å². The van der Waals surface area contributed by atoms with E-state index in [2.05, 4.69) is 37.5 Å². The number of piperidine rings is 1. The quantitative estimate of drug-likeness (QED) is 0.715. The predicted octanol–water partition coefficient (Wildman–Crippen LogP) is 1.93. The molecule has 2 saturated heterocycles. The Morgan fingerprint density at radius 1 is 0.938 bits per heavy atom. The molecule has 2 aliphatic rings. The molecule has 0 radical (unpaired) electrons. The molecule has 0 aliphatic carbocycles. The van der Waals surface area contributed by atoms with Gasteiger partial charge < -0.3 is 9.64 Å². The Morgan fingerprint density at radius 3 is 2.06 bits per heavy atom. The summed E-state index contributed by atoms with van der Waals surface area (Å²) < 4.78 is 6.08. The van der Waals surface area contributed by atoms with Gasteiger partial charge >= 0.3 is 0 Å². The van der Waals surface area contributed by atoms with E-state index >= 15 is 0 Å². The van der Waals surface area contributed by atoms with Crippen molar-refractivity contribution in [2.75, 3.05) is 26.2 Å². The molecule has 0 N–H and O–H groups in total. The minimum absolute atomic E-state index is 0.0690. The van der Waals surface area contributed by atoms with E-state index < -0.39 is 0 Å². The Balaban J connectivity index is 2.00. The van der Waals surface area contributed by atoms with E-state index in [0.717, 1.165) is 13.2 Å². The molecular formula is C13H26N2O. The highest BCUT2D eigenvalue weighted by Crippen LogP contribution is 2.35. The molecule has 1 spiro atoms. The standard InChI is InChI=1S/C13H26N2O/c1-11(2)14-7-5-13(6-8-14)15(12(3)4)9-10-16-13/h11-12H,5-10H2,1-4H3. The van der Waals surface area contributed by atoms with E-state index in [4.69, 9.17) is 4.74 Å². The van der Waals surface area contributed by atoms with Crippen molar-refractivity contribution in [3.05, 3.63) is 0 Å². The SMILES string of the molecule is CC(C)N1CCC2(CC1)OCCN2C(C)C. The Kier molecular flexibility index (Phi) is 3.57. The average Bonchev–Trinajstić information content (AvgIpc) is 2.62. The first-order chi connectivity index (χ1) is 7.55. The maximum absolute atomic E-state index is 6.08. The van der Waals surface area contributed by atoms with Crippen LogP contribution >= 0.6 is 0 Å². The van der Waals surface area contributed by atoms with Crippen LogP contribution in [0, 0.1) is 0 Å². The van der Waals surface area contributed by atoms with E-state index in [0.29, 0.717) is 12.1 Å². The lowest BCUT2D eigenvalue weighted by Crippen LogP contribution is -2.55. The van der Waals surface area contributed by atoms with Crippen LogP contribution in [0.15, 0.2) is 0 Å². The molecule has 0 saturated carbocycles. The van der Waals surface area contributed by atoms with E-state index in [9.17, 15) is 0 Å². The first-order valence-electron chi connectivity index (χ1n) is 6.70. The second-order valence-corrected chi connectivity index (χ2v) is 5.71. The highest BCUT2D eigenvalue weighted by molar-refractivity contribution is 4.93. The molecule has 0 aromatic carbocycles. The summed E-state index contributed by atoms with van der Waals surface area (Å²) in [4.78, 5) is 5.12. The fraction of sp³-hybridized carbons (Fsp3) is 1.00. The lowest BCUT2D eigenvalue weighted by molar-refractivity contribution is -0.131.